The molecule has 0 radical (unpaired) electrons. The van der Waals surface area contributed by atoms with Crippen molar-refractivity contribution in [2.45, 2.75) is 4.90 Å². The Morgan fingerprint density at radius 1 is 1.00 bits per heavy atom. The summed E-state index contributed by atoms with van der Waals surface area (Å²) in [5.74, 6) is 0. The number of rotatable bonds is 5. The molecule has 0 saturated carbocycles. The maximum absolute atomic E-state index is 12.9. The minimum Gasteiger partial charge on any atom is -0.302 e. The number of hydrogen-bond donors (Lipinski definition) is 0. The Morgan fingerprint density at radius 2 is 1.64 bits per heavy atom. The van der Waals surface area contributed by atoms with Crippen molar-refractivity contribution in [3.63, 3.8) is 0 Å². The number of hydrogen-bond acceptors (Lipinski definition) is 5. The summed E-state index contributed by atoms with van der Waals surface area (Å²) in [6.07, 6.45) is 5.20. The molecule has 0 unspecified atom stereocenters. The van der Waals surface area contributed by atoms with Gasteiger partial charge in [-0.2, -0.15) is 4.31 Å². The van der Waals surface area contributed by atoms with Crippen LogP contribution < -0.4 is 11.2 Å². The first kappa shape index (κ1) is 20.2. The molecule has 0 bridgehead atoms. The molecule has 0 amide bonds. The Morgan fingerprint density at radius 3 is 2.29 bits per heavy atom. The second-order valence-corrected chi connectivity index (χ2v) is 8.68. The largest absolute Gasteiger partial charge is 0.330 e. The van der Waals surface area contributed by atoms with Crippen molar-refractivity contribution in [1.29, 1.82) is 0 Å². The van der Waals surface area contributed by atoms with Gasteiger partial charge in [0.2, 0.25) is 10.0 Å². The van der Waals surface area contributed by atoms with E-state index in [2.05, 4.69) is 11.0 Å². The lowest BCUT2D eigenvalue weighted by molar-refractivity contribution is 0.204. The van der Waals surface area contributed by atoms with E-state index in [1.165, 1.54) is 18.4 Å². The van der Waals surface area contributed by atoms with Gasteiger partial charge in [-0.15, -0.1) is 0 Å². The minimum atomic E-state index is -3.95. The van der Waals surface area contributed by atoms with Gasteiger partial charge in [0.1, 0.15) is 0 Å². The third-order valence-electron chi connectivity index (χ3n) is 4.84. The maximum Gasteiger partial charge on any atom is 0.330 e. The minimum absolute atomic E-state index is 0.299. The monoisotopic (exact) mass is 404 g/mol. The lowest BCUT2D eigenvalue weighted by atomic mass is 10.2. The van der Waals surface area contributed by atoms with Gasteiger partial charge in [-0.05, 0) is 5.56 Å². The first-order valence-electron chi connectivity index (χ1n) is 9.01. The smallest absolute Gasteiger partial charge is 0.302 e. The fraction of sp³-hybridized carbons (Fsp3) is 0.368. The quantitative estimate of drug-likeness (QED) is 0.706. The molecule has 0 N–H and O–H groups in total. The predicted molar refractivity (Wildman–Crippen MR) is 108 cm³/mol. The molecule has 1 fully saturated rings. The van der Waals surface area contributed by atoms with Crippen molar-refractivity contribution in [2.24, 2.45) is 14.1 Å². The molecular weight excluding hydrogens is 380 g/mol. The van der Waals surface area contributed by atoms with Gasteiger partial charge in [0, 0.05) is 53.0 Å². The third-order valence-corrected chi connectivity index (χ3v) is 6.72. The molecule has 9 heteroatoms. The van der Waals surface area contributed by atoms with Gasteiger partial charge in [0.15, 0.2) is 4.90 Å². The van der Waals surface area contributed by atoms with Crippen LogP contribution in [0.5, 0.6) is 0 Å². The summed E-state index contributed by atoms with van der Waals surface area (Å²) in [6.45, 7) is 2.47. The molecule has 1 aromatic carbocycles. The summed E-state index contributed by atoms with van der Waals surface area (Å²) in [4.78, 5) is 25.9. The molecular formula is C19H24N4O4S. The molecule has 3 rings (SSSR count). The molecule has 2 heterocycles. The topological polar surface area (TPSA) is 84.6 Å². The van der Waals surface area contributed by atoms with Crippen LogP contribution in [-0.2, 0) is 24.1 Å². The van der Waals surface area contributed by atoms with E-state index in [1.807, 2.05) is 36.4 Å². The van der Waals surface area contributed by atoms with E-state index < -0.39 is 21.3 Å². The molecule has 2 aromatic rings. The van der Waals surface area contributed by atoms with Crippen LogP contribution in [0.25, 0.3) is 6.08 Å². The first-order valence-corrected chi connectivity index (χ1v) is 10.5. The first-order chi connectivity index (χ1) is 13.3. The summed E-state index contributed by atoms with van der Waals surface area (Å²) in [6, 6.07) is 9.97. The van der Waals surface area contributed by atoms with Crippen LogP contribution in [-0.4, -0.2) is 59.5 Å². The Bertz CT molecular complexity index is 1080. The standard InChI is InChI=1S/C19H24N4O4S/c1-20-15-17(18(24)21(2)19(20)25)28(26,27)23-13-11-22(12-14-23)10-6-9-16-7-4-3-5-8-16/h3-9,15H,10-14H2,1-2H3/b9-6+. The van der Waals surface area contributed by atoms with Crippen molar-refractivity contribution >= 4 is 16.1 Å². The zero-order valence-electron chi connectivity index (χ0n) is 16.0. The summed E-state index contributed by atoms with van der Waals surface area (Å²) in [5, 5.41) is 0. The van der Waals surface area contributed by atoms with Crippen molar-refractivity contribution in [3.05, 3.63) is 69.0 Å². The highest BCUT2D eigenvalue weighted by molar-refractivity contribution is 7.89. The molecule has 1 aliphatic heterocycles. The predicted octanol–water partition coefficient (Wildman–Crippen LogP) is 0.104. The maximum atomic E-state index is 12.9. The molecule has 0 aliphatic carbocycles. The molecule has 0 spiro atoms. The molecule has 1 aromatic heterocycles. The molecule has 1 aliphatic rings. The highest BCUT2D eigenvalue weighted by atomic mass is 32.2. The SMILES string of the molecule is Cn1cc(S(=O)(=O)N2CCN(C/C=C/c3ccccc3)CC2)c(=O)n(C)c1=O. The number of aryl methyl sites for hydroxylation is 1. The number of piperazine rings is 1. The molecule has 8 nitrogen and oxygen atoms in total. The second-order valence-electron chi connectivity index (χ2n) is 6.77. The summed E-state index contributed by atoms with van der Waals surface area (Å²) in [7, 11) is -1.24. The lowest BCUT2D eigenvalue weighted by Crippen LogP contribution is -2.50. The summed E-state index contributed by atoms with van der Waals surface area (Å²) in [5.41, 5.74) is -0.232. The van der Waals surface area contributed by atoms with Crippen molar-refractivity contribution < 1.29 is 8.42 Å². The van der Waals surface area contributed by atoms with Gasteiger partial charge < -0.3 is 4.57 Å². The van der Waals surface area contributed by atoms with Crippen LogP contribution in [0.15, 0.2) is 57.1 Å². The second kappa shape index (κ2) is 8.26. The number of sulfonamides is 1. The van der Waals surface area contributed by atoms with E-state index in [0.29, 0.717) is 26.2 Å². The van der Waals surface area contributed by atoms with Gasteiger partial charge in [-0.1, -0.05) is 42.5 Å². The van der Waals surface area contributed by atoms with E-state index in [1.54, 1.807) is 0 Å². The molecule has 28 heavy (non-hydrogen) atoms. The highest BCUT2D eigenvalue weighted by Gasteiger charge is 2.31. The van der Waals surface area contributed by atoms with Gasteiger partial charge in [-0.25, -0.2) is 13.2 Å². The van der Waals surface area contributed by atoms with E-state index in [0.717, 1.165) is 27.4 Å². The zero-order valence-corrected chi connectivity index (χ0v) is 16.8. The number of benzene rings is 1. The van der Waals surface area contributed by atoms with Crippen molar-refractivity contribution in [2.75, 3.05) is 32.7 Å². The Kier molecular flexibility index (Phi) is 5.97. The zero-order chi connectivity index (χ0) is 20.3. The van der Waals surface area contributed by atoms with Crippen LogP contribution >= 0.6 is 0 Å². The van der Waals surface area contributed by atoms with Crippen LogP contribution in [0, 0.1) is 0 Å². The lowest BCUT2D eigenvalue weighted by Gasteiger charge is -2.33. The Labute approximate surface area is 164 Å². The Hall–Kier alpha value is -2.49. The number of nitrogens with zero attached hydrogens (tertiary/aromatic N) is 4. The summed E-state index contributed by atoms with van der Waals surface area (Å²) < 4.78 is 29.0. The average Bonchev–Trinajstić information content (AvgIpc) is 2.70. The molecule has 0 atom stereocenters. The van der Waals surface area contributed by atoms with Gasteiger partial charge in [-0.3, -0.25) is 14.3 Å². The van der Waals surface area contributed by atoms with Gasteiger partial charge >= 0.3 is 5.69 Å². The molecule has 150 valence electrons. The normalized spacial score (nSPS) is 16.6. The highest BCUT2D eigenvalue weighted by Crippen LogP contribution is 2.14. The van der Waals surface area contributed by atoms with Gasteiger partial charge in [0.25, 0.3) is 5.56 Å². The van der Waals surface area contributed by atoms with Crippen LogP contribution in [0.3, 0.4) is 0 Å². The van der Waals surface area contributed by atoms with Crippen molar-refractivity contribution in [3.8, 4) is 0 Å². The van der Waals surface area contributed by atoms with E-state index in [9.17, 15) is 18.0 Å². The van der Waals surface area contributed by atoms with Crippen molar-refractivity contribution in [1.82, 2.24) is 18.3 Å². The van der Waals surface area contributed by atoms with Crippen LogP contribution in [0.2, 0.25) is 0 Å². The van der Waals surface area contributed by atoms with Crippen LogP contribution in [0.4, 0.5) is 0 Å². The molecule has 1 saturated heterocycles. The third kappa shape index (κ3) is 4.16. The summed E-state index contributed by atoms with van der Waals surface area (Å²) >= 11 is 0. The Balaban J connectivity index is 1.67. The van der Waals surface area contributed by atoms with Gasteiger partial charge in [0.05, 0.1) is 0 Å². The fourth-order valence-corrected chi connectivity index (χ4v) is 4.72. The number of aromatic nitrogens is 2. The average molecular weight is 404 g/mol. The fourth-order valence-electron chi connectivity index (χ4n) is 3.15. The van der Waals surface area contributed by atoms with E-state index in [4.69, 9.17) is 0 Å². The van der Waals surface area contributed by atoms with E-state index in [-0.39, 0.29) is 4.90 Å². The van der Waals surface area contributed by atoms with E-state index >= 15 is 0 Å². The van der Waals surface area contributed by atoms with Crippen LogP contribution in [0.1, 0.15) is 5.56 Å².